The Morgan fingerprint density at radius 1 is 0.223 bits per heavy atom. The number of hydrogen-bond acceptors (Lipinski definition) is 24. The van der Waals surface area contributed by atoms with Crippen molar-refractivity contribution in [1.82, 2.24) is 0 Å². The lowest BCUT2D eigenvalue weighted by molar-refractivity contribution is -0.208. The van der Waals surface area contributed by atoms with Crippen molar-refractivity contribution in [2.75, 3.05) is 39.6 Å². The third-order valence-corrected chi connectivity index (χ3v) is 31.8. The second-order valence-electron chi connectivity index (χ2n) is 43.3. The first kappa shape index (κ1) is 148. The molecule has 826 valence electrons. The maximum atomic E-state index is 12.3. The molecule has 24 nitrogen and oxygen atoms in total. The van der Waals surface area contributed by atoms with Crippen molar-refractivity contribution in [3.8, 4) is 0 Å². The van der Waals surface area contributed by atoms with Crippen LogP contribution in [0.25, 0.3) is 0 Å². The summed E-state index contributed by atoms with van der Waals surface area (Å²) in [5.41, 5.74) is -4.93. The zero-order chi connectivity index (χ0) is 95.3. The van der Waals surface area contributed by atoms with E-state index in [1.165, 1.54) is 77.0 Å². The molecule has 0 aromatic rings. The average molecular weight is 1990 g/mol. The minimum atomic E-state index is -0.549. The molecule has 0 atom stereocenters. The summed E-state index contributed by atoms with van der Waals surface area (Å²) >= 11 is 0. The monoisotopic (exact) mass is 1990 g/mol. The van der Waals surface area contributed by atoms with Crippen LogP contribution in [0, 0.1) is 79.8 Å². The van der Waals surface area contributed by atoms with Gasteiger partial charge in [-0.1, -0.05) is 171 Å². The van der Waals surface area contributed by atoms with Crippen LogP contribution in [-0.4, -0.2) is 145 Å². The Morgan fingerprint density at radius 3 is 0.568 bits per heavy atom. The summed E-state index contributed by atoms with van der Waals surface area (Å²) in [5, 5.41) is 0. The predicted octanol–water partition coefficient (Wildman–Crippen LogP) is 30.0. The van der Waals surface area contributed by atoms with E-state index < -0.39 is 44.4 Å². The molecular weight excluding hydrogens is 1770 g/mol. The lowest BCUT2D eigenvalue weighted by atomic mass is 9.50. The van der Waals surface area contributed by atoms with E-state index >= 15 is 0 Å². The maximum absolute atomic E-state index is 12.3. The Kier molecular flexibility index (Phi) is 70.1. The summed E-state index contributed by atoms with van der Waals surface area (Å²) < 4.78 is 65.2. The summed E-state index contributed by atoms with van der Waals surface area (Å²) in [7, 11) is 0. The summed E-state index contributed by atoms with van der Waals surface area (Å²) in [4.78, 5) is 143. The smallest absolute Gasteiger partial charge is 0.344 e. The van der Waals surface area contributed by atoms with E-state index in [1.807, 2.05) is 138 Å². The highest BCUT2D eigenvalue weighted by molar-refractivity contribution is 5.82. The topological polar surface area (TPSA) is 316 Å². The molecule has 0 unspecified atom stereocenters. The van der Waals surface area contributed by atoms with Crippen LogP contribution in [0.4, 0.5) is 0 Å². The molecule has 8 bridgehead atoms. The van der Waals surface area contributed by atoms with Crippen LogP contribution in [0.5, 0.6) is 0 Å². The van der Waals surface area contributed by atoms with E-state index in [4.69, 9.17) is 56.8 Å². The summed E-state index contributed by atoms with van der Waals surface area (Å²) in [6.07, 6.45) is 39.3. The second-order valence-corrected chi connectivity index (χ2v) is 43.3. The molecule has 0 aromatic heterocycles. The third-order valence-electron chi connectivity index (χ3n) is 31.8. The molecule has 0 N–H and O–H groups in total. The highest BCUT2D eigenvalue weighted by Gasteiger charge is 2.59. The molecule has 0 amide bonds. The van der Waals surface area contributed by atoms with Crippen LogP contribution in [0.1, 0.15) is 519 Å². The molecule has 12 aliphatic rings. The first-order valence-electron chi connectivity index (χ1n) is 49.7. The number of hydrogen-bond donors (Lipinski definition) is 0. The molecule has 139 heavy (non-hydrogen) atoms. The SMILES string of the molecule is C.C.C.C.C.C.C.C.C.C.C.C.CCC(C)(C)C(=O)OCC(=O)OC1(C)C2CC3CC(C2)CC1C3.CCC(C)(C)C(=O)OCCC(=O)OC1(C)C2CC3CC(C2)CC1C3.CCC1(OC(=O)CCOC(=O)C(C)(C)CC)CCCC1.CCC1(OC(=O)CCOC(=O)C(C)(C)CC)CCCCC1.CCC1(OC(=O)COC(=O)C(C)(C)CC)CCCC1.CCC1(OC(=O)COC(=O)C(C)(C)CC)CCCCC1. The second kappa shape index (κ2) is 65.9. The molecule has 0 saturated heterocycles. The highest BCUT2D eigenvalue weighted by atomic mass is 16.6. The van der Waals surface area contributed by atoms with Crippen molar-refractivity contribution in [2.24, 2.45) is 79.8 Å². The van der Waals surface area contributed by atoms with Crippen LogP contribution in [0.15, 0.2) is 0 Å². The van der Waals surface area contributed by atoms with E-state index in [-0.39, 0.29) is 241 Å². The van der Waals surface area contributed by atoms with Gasteiger partial charge in [-0.15, -0.1) is 0 Å². The van der Waals surface area contributed by atoms with Crippen molar-refractivity contribution < 1.29 is 114 Å². The van der Waals surface area contributed by atoms with Crippen LogP contribution < -0.4 is 0 Å². The maximum Gasteiger partial charge on any atom is 0.344 e. The fourth-order valence-corrected chi connectivity index (χ4v) is 19.9. The van der Waals surface area contributed by atoms with Gasteiger partial charge in [-0.2, -0.15) is 0 Å². The molecule has 12 fully saturated rings. The number of ether oxygens (including phenoxy) is 12. The van der Waals surface area contributed by atoms with Gasteiger partial charge in [0.25, 0.3) is 0 Å². The van der Waals surface area contributed by atoms with Crippen molar-refractivity contribution in [2.45, 2.75) is 552 Å². The quantitative estimate of drug-likeness (QED) is 0.0412. The Bertz CT molecular complexity index is 3480. The fraction of sp³-hybridized carbons (Fsp3) is 0.896. The van der Waals surface area contributed by atoms with Gasteiger partial charge in [0.1, 0.15) is 53.4 Å². The Morgan fingerprint density at radius 2 is 0.381 bits per heavy atom. The van der Waals surface area contributed by atoms with Gasteiger partial charge in [0, 0.05) is 0 Å². The molecule has 0 aromatic carbocycles. The molecule has 0 aliphatic heterocycles. The third kappa shape index (κ3) is 43.8. The van der Waals surface area contributed by atoms with Crippen molar-refractivity contribution in [3.63, 3.8) is 0 Å². The van der Waals surface area contributed by atoms with Gasteiger partial charge in [-0.3, -0.25) is 43.2 Å². The van der Waals surface area contributed by atoms with E-state index in [9.17, 15) is 57.5 Å². The van der Waals surface area contributed by atoms with Gasteiger partial charge in [0.2, 0.25) is 0 Å². The van der Waals surface area contributed by atoms with Crippen LogP contribution in [0.3, 0.4) is 0 Å². The first-order valence-corrected chi connectivity index (χ1v) is 49.7. The summed E-state index contributed by atoms with van der Waals surface area (Å²) in [6.45, 7) is 45.7. The summed E-state index contributed by atoms with van der Waals surface area (Å²) in [6, 6.07) is 0. The molecular formula is C115H222O24. The predicted molar refractivity (Wildman–Crippen MR) is 567 cm³/mol. The molecule has 12 saturated carbocycles. The lowest BCUT2D eigenvalue weighted by Crippen LogP contribution is -2.58. The van der Waals surface area contributed by atoms with Crippen LogP contribution in [-0.2, 0) is 114 Å². The minimum absolute atomic E-state index is 0. The van der Waals surface area contributed by atoms with E-state index in [0.717, 1.165) is 171 Å². The zero-order valence-corrected chi connectivity index (χ0v) is 83.7. The minimum Gasteiger partial charge on any atom is -0.465 e. The Balaban J connectivity index is -0.000000243. The Labute approximate surface area is 853 Å². The van der Waals surface area contributed by atoms with Crippen LogP contribution >= 0.6 is 0 Å². The van der Waals surface area contributed by atoms with Gasteiger partial charge in [-0.05, 0) is 375 Å². The lowest BCUT2D eigenvalue weighted by Gasteiger charge is -2.59. The van der Waals surface area contributed by atoms with Gasteiger partial charge < -0.3 is 56.8 Å². The standard InChI is InChI=1S/C20H32O4.C19H30O4.C17H30O4.2C16H28O4.C15H26O4.12CH4/c1-5-19(2,3)18(22)23-7-6-17(21)24-20(4)15-9-13-8-14(11-15)12-16(20)10-13;1-5-18(2,3)17(21)22-11-16(20)23-19(4)14-7-12-6-13(9-14)10-15(19)8-12;1-5-16(3,4)15(19)20-13-10-14(18)21-17(6-2)11-8-7-9-12-17;1-5-15(3,4)14(18)19-12-9-13(17)20-16(6-2)10-7-8-11-16;1-5-15(3,4)14(18)19-12-13(17)20-16(6-2)10-8-7-9-11-16;1-5-14(3,4)13(17)18-11-12(16)19-15(6-2)9-7-8-10-15;;;;;;;;;;;;/h13-16H,5-12H2,1-4H3;12-15H,5-11H2,1-4H3;5-13H2,1-4H3;2*5-12H2,1-4H3;5-11H2,1-4H3;12*1H4. The molecule has 0 spiro atoms. The fourth-order valence-electron chi connectivity index (χ4n) is 19.9. The average Bonchev–Trinajstić information content (AvgIpc) is 0.819. The molecule has 0 heterocycles. The van der Waals surface area contributed by atoms with Gasteiger partial charge >= 0.3 is 71.6 Å². The molecule has 24 heteroatoms. The number of rotatable bonds is 37. The van der Waals surface area contributed by atoms with E-state index in [2.05, 4.69) is 27.7 Å². The van der Waals surface area contributed by atoms with Crippen molar-refractivity contribution >= 4 is 71.6 Å². The van der Waals surface area contributed by atoms with E-state index in [0.29, 0.717) is 42.9 Å². The molecule has 12 rings (SSSR count). The first-order chi connectivity index (χ1) is 59.4. The molecule has 12 aliphatic carbocycles. The number of carbonyl (C=O) groups excluding carboxylic acids is 12. The van der Waals surface area contributed by atoms with Gasteiger partial charge in [0.15, 0.2) is 19.8 Å². The summed E-state index contributed by atoms with van der Waals surface area (Å²) in [5.74, 6) is 1.73. The van der Waals surface area contributed by atoms with Crippen molar-refractivity contribution in [3.05, 3.63) is 0 Å². The molecule has 0 radical (unpaired) electrons. The Hall–Kier alpha value is -6.36. The van der Waals surface area contributed by atoms with Gasteiger partial charge in [-0.25, -0.2) is 14.4 Å². The zero-order valence-electron chi connectivity index (χ0n) is 83.7. The normalized spacial score (nSPS) is 23.2. The van der Waals surface area contributed by atoms with Gasteiger partial charge in [0.05, 0.1) is 51.8 Å². The number of carbonyl (C=O) groups is 12. The number of esters is 12. The van der Waals surface area contributed by atoms with E-state index in [1.54, 1.807) is 0 Å². The highest BCUT2D eigenvalue weighted by Crippen LogP contribution is 2.61. The van der Waals surface area contributed by atoms with Crippen LogP contribution in [0.2, 0.25) is 0 Å². The van der Waals surface area contributed by atoms with Crippen molar-refractivity contribution in [1.29, 1.82) is 0 Å². The largest absolute Gasteiger partial charge is 0.465 e.